The predicted molar refractivity (Wildman–Crippen MR) is 72.9 cm³/mol. The molecule has 3 nitrogen and oxygen atoms in total. The zero-order valence-corrected chi connectivity index (χ0v) is 11.6. The van der Waals surface area contributed by atoms with Gasteiger partial charge in [-0.1, -0.05) is 11.6 Å². The van der Waals surface area contributed by atoms with Crippen molar-refractivity contribution in [2.75, 3.05) is 5.32 Å². The van der Waals surface area contributed by atoms with Crippen molar-refractivity contribution >= 4 is 28.8 Å². The maximum atomic E-state index is 6.05. The van der Waals surface area contributed by atoms with Crippen molar-refractivity contribution in [3.8, 4) is 0 Å². The maximum absolute atomic E-state index is 6.05. The fourth-order valence-electron chi connectivity index (χ4n) is 1.44. The van der Waals surface area contributed by atoms with Crippen LogP contribution < -0.4 is 5.32 Å². The van der Waals surface area contributed by atoms with Crippen LogP contribution in [0.2, 0.25) is 5.15 Å². The van der Waals surface area contributed by atoms with E-state index in [-0.39, 0.29) is 0 Å². The number of hydrogen-bond donors (Lipinski definition) is 1. The van der Waals surface area contributed by atoms with E-state index in [0.717, 1.165) is 17.9 Å². The van der Waals surface area contributed by atoms with Crippen molar-refractivity contribution in [2.45, 2.75) is 27.3 Å². The Morgan fingerprint density at radius 3 is 2.53 bits per heavy atom. The van der Waals surface area contributed by atoms with E-state index in [1.807, 2.05) is 13.8 Å². The van der Waals surface area contributed by atoms with Crippen LogP contribution in [0.5, 0.6) is 0 Å². The molecule has 1 N–H and O–H groups in total. The van der Waals surface area contributed by atoms with Crippen LogP contribution in [-0.4, -0.2) is 9.97 Å². The van der Waals surface area contributed by atoms with Crippen LogP contribution in [0.1, 0.15) is 22.5 Å². The van der Waals surface area contributed by atoms with E-state index in [4.69, 9.17) is 11.6 Å². The Hall–Kier alpha value is -1.13. The molecule has 0 spiro atoms. The van der Waals surface area contributed by atoms with Gasteiger partial charge in [-0.05, 0) is 42.7 Å². The van der Waals surface area contributed by atoms with Gasteiger partial charge in [-0.25, -0.2) is 9.97 Å². The maximum Gasteiger partial charge on any atom is 0.171 e. The van der Waals surface area contributed by atoms with Gasteiger partial charge in [-0.2, -0.15) is 11.3 Å². The molecule has 0 fully saturated rings. The van der Waals surface area contributed by atoms with Gasteiger partial charge in [0.05, 0.1) is 11.4 Å². The minimum absolute atomic E-state index is 0.431. The SMILES string of the molecule is Cc1cscc1CNc1nc(C)c(C)nc1Cl. The topological polar surface area (TPSA) is 37.8 Å². The third-order valence-corrected chi connectivity index (χ3v) is 3.85. The summed E-state index contributed by atoms with van der Waals surface area (Å²) in [5.41, 5.74) is 4.33. The highest BCUT2D eigenvalue weighted by molar-refractivity contribution is 7.08. The van der Waals surface area contributed by atoms with Crippen molar-refractivity contribution in [2.24, 2.45) is 0 Å². The van der Waals surface area contributed by atoms with Crippen molar-refractivity contribution in [3.05, 3.63) is 38.4 Å². The van der Waals surface area contributed by atoms with Crippen LogP contribution in [0.4, 0.5) is 5.82 Å². The van der Waals surface area contributed by atoms with Gasteiger partial charge in [0.25, 0.3) is 0 Å². The summed E-state index contributed by atoms with van der Waals surface area (Å²) < 4.78 is 0. The molecule has 2 heterocycles. The fourth-order valence-corrected chi connectivity index (χ4v) is 2.53. The van der Waals surface area contributed by atoms with E-state index >= 15 is 0 Å². The summed E-state index contributed by atoms with van der Waals surface area (Å²) in [7, 11) is 0. The Balaban J connectivity index is 2.14. The number of aromatic nitrogens is 2. The van der Waals surface area contributed by atoms with Crippen LogP contribution in [0, 0.1) is 20.8 Å². The molecule has 0 aliphatic carbocycles. The number of halogens is 1. The quantitative estimate of drug-likeness (QED) is 0.921. The molecule has 2 aromatic heterocycles. The van der Waals surface area contributed by atoms with E-state index in [2.05, 4.69) is 33.0 Å². The fraction of sp³-hybridized carbons (Fsp3) is 0.333. The van der Waals surface area contributed by atoms with Crippen molar-refractivity contribution in [1.29, 1.82) is 0 Å². The van der Waals surface area contributed by atoms with Gasteiger partial charge in [-0.3, -0.25) is 0 Å². The zero-order chi connectivity index (χ0) is 12.4. The Morgan fingerprint density at radius 2 is 1.88 bits per heavy atom. The first kappa shape index (κ1) is 12.3. The van der Waals surface area contributed by atoms with Crippen LogP contribution in [0.3, 0.4) is 0 Å². The third-order valence-electron chi connectivity index (χ3n) is 2.67. The number of aryl methyl sites for hydroxylation is 3. The smallest absolute Gasteiger partial charge is 0.171 e. The van der Waals surface area contributed by atoms with E-state index < -0.39 is 0 Å². The molecule has 5 heteroatoms. The highest BCUT2D eigenvalue weighted by Crippen LogP contribution is 2.20. The second-order valence-electron chi connectivity index (χ2n) is 3.97. The first-order valence-electron chi connectivity index (χ1n) is 5.34. The average Bonchev–Trinajstić information content (AvgIpc) is 2.68. The summed E-state index contributed by atoms with van der Waals surface area (Å²) in [4.78, 5) is 8.64. The van der Waals surface area contributed by atoms with Crippen molar-refractivity contribution in [1.82, 2.24) is 9.97 Å². The highest BCUT2D eigenvalue weighted by atomic mass is 35.5. The normalized spacial score (nSPS) is 10.6. The summed E-state index contributed by atoms with van der Waals surface area (Å²) in [6, 6.07) is 0. The lowest BCUT2D eigenvalue weighted by atomic mass is 10.2. The predicted octanol–water partition coefficient (Wildman–Crippen LogP) is 3.73. The minimum atomic E-state index is 0.431. The standard InChI is InChI=1S/C12H14ClN3S/c1-7-5-17-6-10(7)4-14-12-11(13)15-8(2)9(3)16-12/h5-6H,4H2,1-3H3,(H,14,16). The van der Waals surface area contributed by atoms with E-state index in [9.17, 15) is 0 Å². The summed E-state index contributed by atoms with van der Waals surface area (Å²) in [6.45, 7) is 6.66. The third kappa shape index (κ3) is 2.76. The molecule has 2 aromatic rings. The molecule has 90 valence electrons. The number of thiophene rings is 1. The first-order chi connectivity index (χ1) is 8.08. The van der Waals surface area contributed by atoms with Gasteiger partial charge < -0.3 is 5.32 Å². The molecule has 0 saturated carbocycles. The number of nitrogens with one attached hydrogen (secondary N) is 1. The Labute approximate surface area is 110 Å². The lowest BCUT2D eigenvalue weighted by Gasteiger charge is -2.09. The molecule has 0 aliphatic heterocycles. The molecule has 0 unspecified atom stereocenters. The lowest BCUT2D eigenvalue weighted by Crippen LogP contribution is -2.05. The molecule has 0 radical (unpaired) electrons. The molecule has 2 rings (SSSR count). The van der Waals surface area contributed by atoms with Gasteiger partial charge >= 0.3 is 0 Å². The summed E-state index contributed by atoms with van der Waals surface area (Å²) >= 11 is 7.75. The van der Waals surface area contributed by atoms with Gasteiger partial charge in [-0.15, -0.1) is 0 Å². The van der Waals surface area contributed by atoms with Gasteiger partial charge in [0, 0.05) is 6.54 Å². The molecule has 0 atom stereocenters. The van der Waals surface area contributed by atoms with E-state index in [1.54, 1.807) is 11.3 Å². The molecular weight excluding hydrogens is 254 g/mol. The summed E-state index contributed by atoms with van der Waals surface area (Å²) in [6.07, 6.45) is 0. The lowest BCUT2D eigenvalue weighted by molar-refractivity contribution is 1.02. The molecule has 0 amide bonds. The molecular formula is C12H14ClN3S. The van der Waals surface area contributed by atoms with Crippen molar-refractivity contribution in [3.63, 3.8) is 0 Å². The summed E-state index contributed by atoms with van der Waals surface area (Å²) in [5.74, 6) is 0.653. The number of rotatable bonds is 3. The van der Waals surface area contributed by atoms with E-state index in [1.165, 1.54) is 11.1 Å². The first-order valence-corrected chi connectivity index (χ1v) is 6.66. The van der Waals surface area contributed by atoms with Crippen LogP contribution in [0.25, 0.3) is 0 Å². The zero-order valence-electron chi connectivity index (χ0n) is 10.0. The van der Waals surface area contributed by atoms with Crippen LogP contribution in [0.15, 0.2) is 10.8 Å². The molecule has 0 bridgehead atoms. The van der Waals surface area contributed by atoms with Gasteiger partial charge in [0.1, 0.15) is 0 Å². The number of hydrogen-bond acceptors (Lipinski definition) is 4. The second kappa shape index (κ2) is 5.02. The Bertz CT molecular complexity index is 537. The average molecular weight is 268 g/mol. The highest BCUT2D eigenvalue weighted by Gasteiger charge is 2.07. The molecule has 17 heavy (non-hydrogen) atoms. The molecule has 0 aromatic carbocycles. The number of anilines is 1. The van der Waals surface area contributed by atoms with Gasteiger partial charge in [0.2, 0.25) is 0 Å². The Kier molecular flexibility index (Phi) is 3.64. The molecule has 0 aliphatic rings. The van der Waals surface area contributed by atoms with Crippen LogP contribution >= 0.6 is 22.9 Å². The van der Waals surface area contributed by atoms with E-state index in [0.29, 0.717) is 11.0 Å². The number of nitrogens with zero attached hydrogens (tertiary/aromatic N) is 2. The Morgan fingerprint density at radius 1 is 1.18 bits per heavy atom. The van der Waals surface area contributed by atoms with Gasteiger partial charge in [0.15, 0.2) is 11.0 Å². The summed E-state index contributed by atoms with van der Waals surface area (Å²) in [5, 5.41) is 7.92. The largest absolute Gasteiger partial charge is 0.363 e. The monoisotopic (exact) mass is 267 g/mol. The molecule has 0 saturated heterocycles. The van der Waals surface area contributed by atoms with Crippen LogP contribution in [-0.2, 0) is 6.54 Å². The van der Waals surface area contributed by atoms with Crippen molar-refractivity contribution < 1.29 is 0 Å². The second-order valence-corrected chi connectivity index (χ2v) is 5.07. The minimum Gasteiger partial charge on any atom is -0.363 e.